The average molecular weight is 643 g/mol. The highest BCUT2D eigenvalue weighted by Crippen LogP contribution is 2.51. The van der Waals surface area contributed by atoms with Gasteiger partial charge in [-0.15, -0.1) is 11.3 Å². The number of aliphatic carboxylic acids is 1. The average Bonchev–Trinajstić information content (AvgIpc) is 3.54. The molecule has 0 aliphatic carbocycles. The van der Waals surface area contributed by atoms with Gasteiger partial charge in [0.1, 0.15) is 0 Å². The summed E-state index contributed by atoms with van der Waals surface area (Å²) in [4.78, 5) is 21.8. The van der Waals surface area contributed by atoms with Gasteiger partial charge in [0.15, 0.2) is 5.01 Å². The largest absolute Gasteiger partial charge is 0.481 e. The number of halogens is 8. The molecule has 0 spiro atoms. The van der Waals surface area contributed by atoms with Gasteiger partial charge in [-0.3, -0.25) is 9.69 Å². The molecule has 4 rings (SSSR count). The molecule has 2 N–H and O–H groups in total. The summed E-state index contributed by atoms with van der Waals surface area (Å²) in [6.07, 6.45) is -12.7. The molecule has 0 radical (unpaired) electrons. The second-order valence-electron chi connectivity index (χ2n) is 11.2. The Kier molecular flexibility index (Phi) is 8.19. The van der Waals surface area contributed by atoms with Gasteiger partial charge in [-0.1, -0.05) is 23.4 Å². The van der Waals surface area contributed by atoms with Crippen LogP contribution in [0.2, 0.25) is 0 Å². The van der Waals surface area contributed by atoms with Gasteiger partial charge >= 0.3 is 18.3 Å². The number of alkyl halides is 8. The fraction of sp³-hybridized carbons (Fsp3) is 0.538. The maximum Gasteiger partial charge on any atom is 0.430 e. The van der Waals surface area contributed by atoms with Gasteiger partial charge in [0.05, 0.1) is 22.5 Å². The van der Waals surface area contributed by atoms with E-state index in [-0.39, 0.29) is 51.4 Å². The zero-order chi connectivity index (χ0) is 32.3. The standard InChI is InChI=1S/C26H26F8N4O4S/c1-12-7-14(24(41,25(29,30)31)26(32,33)34)5-6-15(12)18-16(10-38-11-23(27,28)8-13(38)2)35-20(43-18)19-36-17(42-37-19)9-22(3,4)21(39)40/h5-7,13,41H,8-11H2,1-4H3,(H,39,40). The van der Waals surface area contributed by atoms with E-state index >= 15 is 0 Å². The summed E-state index contributed by atoms with van der Waals surface area (Å²) in [7, 11) is 0. The Balaban J connectivity index is 1.79. The Morgan fingerprint density at radius 2 is 1.77 bits per heavy atom. The van der Waals surface area contributed by atoms with Crippen molar-refractivity contribution in [2.24, 2.45) is 5.41 Å². The molecule has 1 aromatic carbocycles. The molecule has 3 heterocycles. The highest BCUT2D eigenvalue weighted by Gasteiger charge is 2.71. The van der Waals surface area contributed by atoms with E-state index in [9.17, 15) is 50.1 Å². The van der Waals surface area contributed by atoms with E-state index in [0.29, 0.717) is 12.1 Å². The maximum atomic E-state index is 14.1. The summed E-state index contributed by atoms with van der Waals surface area (Å²) < 4.78 is 114. The van der Waals surface area contributed by atoms with Gasteiger partial charge in [0.25, 0.3) is 11.5 Å². The highest BCUT2D eigenvalue weighted by molar-refractivity contribution is 7.18. The first-order valence-electron chi connectivity index (χ1n) is 12.7. The van der Waals surface area contributed by atoms with Crippen LogP contribution < -0.4 is 0 Å². The molecule has 3 aromatic rings. The van der Waals surface area contributed by atoms with Gasteiger partial charge in [-0.2, -0.15) is 31.3 Å². The molecule has 1 aliphatic rings. The van der Waals surface area contributed by atoms with E-state index in [1.165, 1.54) is 25.7 Å². The lowest BCUT2D eigenvalue weighted by Crippen LogP contribution is -2.53. The number of nitrogens with zero attached hydrogens (tertiary/aromatic N) is 4. The Hall–Kier alpha value is -3.18. The van der Waals surface area contributed by atoms with Crippen molar-refractivity contribution in [2.45, 2.75) is 77.0 Å². The number of carboxylic acid groups (broad SMARTS) is 1. The first-order chi connectivity index (χ1) is 19.6. The Labute approximate surface area is 243 Å². The van der Waals surface area contributed by atoms with Crippen molar-refractivity contribution in [1.82, 2.24) is 20.0 Å². The Morgan fingerprint density at radius 1 is 1.14 bits per heavy atom. The molecule has 8 nitrogen and oxygen atoms in total. The lowest BCUT2D eigenvalue weighted by molar-refractivity contribution is -0.376. The van der Waals surface area contributed by atoms with E-state index in [2.05, 4.69) is 15.1 Å². The van der Waals surface area contributed by atoms with E-state index in [1.54, 1.807) is 6.92 Å². The molecular weight excluding hydrogens is 616 g/mol. The smallest absolute Gasteiger partial charge is 0.430 e. The van der Waals surface area contributed by atoms with Crippen molar-refractivity contribution in [3.63, 3.8) is 0 Å². The van der Waals surface area contributed by atoms with Crippen LogP contribution >= 0.6 is 11.3 Å². The van der Waals surface area contributed by atoms with Gasteiger partial charge < -0.3 is 14.7 Å². The van der Waals surface area contributed by atoms with Gasteiger partial charge in [-0.25, -0.2) is 13.8 Å². The summed E-state index contributed by atoms with van der Waals surface area (Å²) in [5.41, 5.74) is -7.60. The lowest BCUT2D eigenvalue weighted by atomic mass is 9.89. The molecule has 1 atom stereocenters. The quantitative estimate of drug-likeness (QED) is 0.273. The summed E-state index contributed by atoms with van der Waals surface area (Å²) in [5.74, 6) is -4.21. The third-order valence-electron chi connectivity index (χ3n) is 7.24. The first kappa shape index (κ1) is 32.7. The lowest BCUT2D eigenvalue weighted by Gasteiger charge is -2.33. The molecule has 0 bridgehead atoms. The molecule has 1 saturated heterocycles. The highest BCUT2D eigenvalue weighted by atomic mass is 32.1. The molecule has 1 fully saturated rings. The maximum absolute atomic E-state index is 14.1. The number of rotatable bonds is 8. The third kappa shape index (κ3) is 6.24. The van der Waals surface area contributed by atoms with Gasteiger partial charge in [0.2, 0.25) is 11.7 Å². The summed E-state index contributed by atoms with van der Waals surface area (Å²) in [6.45, 7) is 4.96. The minimum absolute atomic E-state index is 0.0346. The van der Waals surface area contributed by atoms with Crippen LogP contribution in [0.4, 0.5) is 35.1 Å². The minimum atomic E-state index is -6.08. The fourth-order valence-corrected chi connectivity index (χ4v) is 5.84. The molecule has 236 valence electrons. The summed E-state index contributed by atoms with van der Waals surface area (Å²) >= 11 is 0.893. The van der Waals surface area contributed by atoms with Crippen molar-refractivity contribution < 1.29 is 54.7 Å². The number of carboxylic acids is 1. The summed E-state index contributed by atoms with van der Waals surface area (Å²) in [6, 6.07) is 1.46. The van der Waals surface area contributed by atoms with E-state index in [4.69, 9.17) is 4.52 Å². The monoisotopic (exact) mass is 642 g/mol. The van der Waals surface area contributed by atoms with Crippen molar-refractivity contribution in [2.75, 3.05) is 6.54 Å². The van der Waals surface area contributed by atoms with E-state index in [1.807, 2.05) is 0 Å². The van der Waals surface area contributed by atoms with E-state index < -0.39 is 59.8 Å². The first-order valence-corrected chi connectivity index (χ1v) is 13.5. The second kappa shape index (κ2) is 10.8. The molecule has 0 saturated carbocycles. The van der Waals surface area contributed by atoms with Crippen molar-refractivity contribution >= 4 is 17.3 Å². The second-order valence-corrected chi connectivity index (χ2v) is 12.2. The van der Waals surface area contributed by atoms with Crippen LogP contribution in [0.5, 0.6) is 0 Å². The van der Waals surface area contributed by atoms with Crippen LogP contribution in [0.25, 0.3) is 21.3 Å². The predicted molar refractivity (Wildman–Crippen MR) is 136 cm³/mol. The molecule has 2 aromatic heterocycles. The van der Waals surface area contributed by atoms with Crippen LogP contribution in [-0.2, 0) is 23.4 Å². The fourth-order valence-electron chi connectivity index (χ4n) is 4.75. The number of likely N-dealkylation sites (tertiary alicyclic amines) is 1. The number of benzene rings is 1. The number of aliphatic hydroxyl groups is 1. The molecule has 43 heavy (non-hydrogen) atoms. The number of hydrogen-bond donors (Lipinski definition) is 2. The minimum Gasteiger partial charge on any atom is -0.481 e. The molecule has 1 unspecified atom stereocenters. The third-order valence-corrected chi connectivity index (χ3v) is 8.37. The van der Waals surface area contributed by atoms with E-state index in [0.717, 1.165) is 17.4 Å². The SMILES string of the molecule is Cc1cc(C(O)(C(F)(F)F)C(F)(F)F)ccc1-c1sc(-c2noc(CC(C)(C)C(=O)O)n2)nc1CN1CC(F)(F)CC1C. The van der Waals surface area contributed by atoms with Gasteiger partial charge in [-0.05, 0) is 38.8 Å². The number of hydrogen-bond acceptors (Lipinski definition) is 8. The molecule has 0 amide bonds. The summed E-state index contributed by atoms with van der Waals surface area (Å²) in [5, 5.41) is 23.1. The van der Waals surface area contributed by atoms with Crippen molar-refractivity contribution in [1.29, 1.82) is 0 Å². The molecular formula is C26H26F8N4O4S. The zero-order valence-corrected chi connectivity index (χ0v) is 23.9. The van der Waals surface area contributed by atoms with Gasteiger partial charge in [0, 0.05) is 31.0 Å². The predicted octanol–water partition coefficient (Wildman–Crippen LogP) is 6.36. The van der Waals surface area contributed by atoms with Crippen LogP contribution in [-0.4, -0.2) is 67.1 Å². The normalized spacial score (nSPS) is 18.4. The Bertz CT molecular complexity index is 1500. The number of carbonyl (C=O) groups is 1. The van der Waals surface area contributed by atoms with Crippen molar-refractivity contribution in [3.8, 4) is 21.3 Å². The molecule has 17 heteroatoms. The van der Waals surface area contributed by atoms with Crippen LogP contribution in [0.1, 0.15) is 49.9 Å². The number of thiazole rings is 1. The number of aromatic nitrogens is 3. The van der Waals surface area contributed by atoms with Crippen LogP contribution in [0.15, 0.2) is 22.7 Å². The van der Waals surface area contributed by atoms with Crippen LogP contribution in [0.3, 0.4) is 0 Å². The number of aryl methyl sites for hydroxylation is 1. The zero-order valence-electron chi connectivity index (χ0n) is 23.1. The topological polar surface area (TPSA) is 113 Å². The van der Waals surface area contributed by atoms with Crippen molar-refractivity contribution in [3.05, 3.63) is 40.9 Å². The molecule has 1 aliphatic heterocycles. The Morgan fingerprint density at radius 3 is 2.28 bits per heavy atom. The van der Waals surface area contributed by atoms with Crippen LogP contribution in [0, 0.1) is 12.3 Å².